The van der Waals surface area contributed by atoms with Crippen LogP contribution in [0.1, 0.15) is 40.0 Å². The standard InChI is InChI=1S/C12H18O4/c1-5-9-12(6-2,7-10(13)15-9)16-11(14)8(3)4/h9H,3,5-7H2,1-2,4H3. The molecule has 0 spiro atoms. The topological polar surface area (TPSA) is 52.6 Å². The zero-order valence-corrected chi connectivity index (χ0v) is 10.0. The van der Waals surface area contributed by atoms with Crippen LogP contribution >= 0.6 is 0 Å². The Kier molecular flexibility index (Phi) is 3.73. The molecular weight excluding hydrogens is 208 g/mol. The van der Waals surface area contributed by atoms with Gasteiger partial charge in [0.05, 0.1) is 6.42 Å². The van der Waals surface area contributed by atoms with Gasteiger partial charge in [-0.05, 0) is 19.8 Å². The summed E-state index contributed by atoms with van der Waals surface area (Å²) in [5, 5.41) is 0. The van der Waals surface area contributed by atoms with E-state index >= 15 is 0 Å². The van der Waals surface area contributed by atoms with E-state index in [2.05, 4.69) is 6.58 Å². The summed E-state index contributed by atoms with van der Waals surface area (Å²) in [6, 6.07) is 0. The van der Waals surface area contributed by atoms with E-state index < -0.39 is 11.6 Å². The van der Waals surface area contributed by atoms with Gasteiger partial charge in [0.25, 0.3) is 0 Å². The molecule has 0 aromatic heterocycles. The van der Waals surface area contributed by atoms with E-state index in [1.54, 1.807) is 6.92 Å². The lowest BCUT2D eigenvalue weighted by Crippen LogP contribution is -2.42. The molecule has 0 radical (unpaired) electrons. The Morgan fingerprint density at radius 1 is 1.62 bits per heavy atom. The highest BCUT2D eigenvalue weighted by molar-refractivity contribution is 5.88. The average molecular weight is 226 g/mol. The van der Waals surface area contributed by atoms with E-state index in [0.717, 1.165) is 0 Å². The molecule has 0 aromatic rings. The Morgan fingerprint density at radius 3 is 2.69 bits per heavy atom. The number of rotatable bonds is 4. The lowest BCUT2D eigenvalue weighted by Gasteiger charge is -2.30. The molecule has 1 fully saturated rings. The van der Waals surface area contributed by atoms with Crippen LogP contribution in [0.25, 0.3) is 0 Å². The van der Waals surface area contributed by atoms with Gasteiger partial charge in [-0.15, -0.1) is 0 Å². The summed E-state index contributed by atoms with van der Waals surface area (Å²) in [5.74, 6) is -0.762. The van der Waals surface area contributed by atoms with Gasteiger partial charge in [-0.25, -0.2) is 4.79 Å². The predicted molar refractivity (Wildman–Crippen MR) is 58.7 cm³/mol. The van der Waals surface area contributed by atoms with Gasteiger partial charge in [-0.3, -0.25) is 4.79 Å². The molecule has 1 heterocycles. The van der Waals surface area contributed by atoms with Crippen molar-refractivity contribution in [1.29, 1.82) is 0 Å². The molecule has 1 saturated heterocycles. The van der Waals surface area contributed by atoms with Crippen molar-refractivity contribution in [3.8, 4) is 0 Å². The summed E-state index contributed by atoms with van der Waals surface area (Å²) in [6.45, 7) is 8.91. The van der Waals surface area contributed by atoms with Crippen molar-refractivity contribution in [3.63, 3.8) is 0 Å². The quantitative estimate of drug-likeness (QED) is 0.543. The van der Waals surface area contributed by atoms with Gasteiger partial charge in [0.2, 0.25) is 0 Å². The minimum atomic E-state index is -0.804. The fraction of sp³-hybridized carbons (Fsp3) is 0.667. The van der Waals surface area contributed by atoms with Crippen molar-refractivity contribution < 1.29 is 19.1 Å². The molecule has 2 unspecified atom stereocenters. The molecule has 0 N–H and O–H groups in total. The van der Waals surface area contributed by atoms with Crippen molar-refractivity contribution >= 4 is 11.9 Å². The van der Waals surface area contributed by atoms with E-state index in [-0.39, 0.29) is 18.5 Å². The second-order valence-corrected chi connectivity index (χ2v) is 4.15. The highest BCUT2D eigenvalue weighted by Gasteiger charge is 2.50. The van der Waals surface area contributed by atoms with Crippen LogP contribution in [0.15, 0.2) is 12.2 Å². The van der Waals surface area contributed by atoms with Crippen molar-refractivity contribution in [2.75, 3.05) is 0 Å². The Bertz CT molecular complexity index is 321. The van der Waals surface area contributed by atoms with Crippen LogP contribution in [0.4, 0.5) is 0 Å². The maximum Gasteiger partial charge on any atom is 0.333 e. The first-order valence-corrected chi connectivity index (χ1v) is 5.53. The molecule has 0 saturated carbocycles. The maximum absolute atomic E-state index is 11.5. The molecule has 4 nitrogen and oxygen atoms in total. The molecule has 0 bridgehead atoms. The fourth-order valence-corrected chi connectivity index (χ4v) is 1.92. The molecule has 1 aliphatic rings. The van der Waals surface area contributed by atoms with Crippen LogP contribution in [0.3, 0.4) is 0 Å². The molecule has 4 heteroatoms. The normalized spacial score (nSPS) is 28.7. The Balaban J connectivity index is 2.88. The Morgan fingerprint density at radius 2 is 2.25 bits per heavy atom. The minimum absolute atomic E-state index is 0.140. The van der Waals surface area contributed by atoms with Crippen LogP contribution in [0.2, 0.25) is 0 Å². The van der Waals surface area contributed by atoms with Crippen LogP contribution < -0.4 is 0 Å². The molecule has 0 aromatic carbocycles. The van der Waals surface area contributed by atoms with E-state index in [1.165, 1.54) is 0 Å². The van der Waals surface area contributed by atoms with Gasteiger partial charge in [0, 0.05) is 5.57 Å². The minimum Gasteiger partial charge on any atom is -0.458 e. The Labute approximate surface area is 95.6 Å². The summed E-state index contributed by atoms with van der Waals surface area (Å²) >= 11 is 0. The van der Waals surface area contributed by atoms with E-state index in [4.69, 9.17) is 9.47 Å². The highest BCUT2D eigenvalue weighted by atomic mass is 16.6. The molecule has 1 rings (SSSR count). The summed E-state index contributed by atoms with van der Waals surface area (Å²) in [5.41, 5.74) is -0.468. The van der Waals surface area contributed by atoms with Crippen molar-refractivity contribution in [2.24, 2.45) is 0 Å². The van der Waals surface area contributed by atoms with Crippen LogP contribution in [0, 0.1) is 0 Å². The highest BCUT2D eigenvalue weighted by Crippen LogP contribution is 2.36. The monoisotopic (exact) mass is 226 g/mol. The zero-order chi connectivity index (χ0) is 12.3. The zero-order valence-electron chi connectivity index (χ0n) is 10.0. The van der Waals surface area contributed by atoms with Gasteiger partial charge >= 0.3 is 11.9 Å². The van der Waals surface area contributed by atoms with Gasteiger partial charge in [-0.1, -0.05) is 20.4 Å². The number of hydrogen-bond acceptors (Lipinski definition) is 4. The summed E-state index contributed by atoms with van der Waals surface area (Å²) < 4.78 is 10.6. The maximum atomic E-state index is 11.5. The summed E-state index contributed by atoms with van der Waals surface area (Å²) in [7, 11) is 0. The second kappa shape index (κ2) is 4.68. The molecular formula is C12H18O4. The van der Waals surface area contributed by atoms with E-state index in [0.29, 0.717) is 18.4 Å². The molecule has 16 heavy (non-hydrogen) atoms. The largest absolute Gasteiger partial charge is 0.458 e. The van der Waals surface area contributed by atoms with Crippen molar-refractivity contribution in [2.45, 2.75) is 51.7 Å². The molecule has 90 valence electrons. The third kappa shape index (κ3) is 2.26. The third-order valence-electron chi connectivity index (χ3n) is 2.92. The SMILES string of the molecule is C=C(C)C(=O)OC1(CC)CC(=O)OC1CC. The third-order valence-corrected chi connectivity index (χ3v) is 2.92. The second-order valence-electron chi connectivity index (χ2n) is 4.15. The van der Waals surface area contributed by atoms with Gasteiger partial charge in [-0.2, -0.15) is 0 Å². The number of esters is 2. The number of hydrogen-bond donors (Lipinski definition) is 0. The Hall–Kier alpha value is -1.32. The first kappa shape index (κ1) is 12.7. The van der Waals surface area contributed by atoms with Gasteiger partial charge in [0.1, 0.15) is 6.10 Å². The fourth-order valence-electron chi connectivity index (χ4n) is 1.92. The molecule has 2 atom stereocenters. The molecule has 0 amide bonds. The van der Waals surface area contributed by atoms with E-state index in [1.807, 2.05) is 13.8 Å². The predicted octanol–water partition coefficient (Wildman–Crippen LogP) is 1.98. The van der Waals surface area contributed by atoms with Crippen LogP contribution in [-0.4, -0.2) is 23.6 Å². The number of carbonyl (C=O) groups is 2. The number of carbonyl (C=O) groups excluding carboxylic acids is 2. The van der Waals surface area contributed by atoms with Gasteiger partial charge < -0.3 is 9.47 Å². The summed E-state index contributed by atoms with van der Waals surface area (Å²) in [4.78, 5) is 22.8. The lowest BCUT2D eigenvalue weighted by atomic mass is 9.90. The summed E-state index contributed by atoms with van der Waals surface area (Å²) in [6.07, 6.45) is 1.01. The average Bonchev–Trinajstić information content (AvgIpc) is 2.55. The van der Waals surface area contributed by atoms with Crippen LogP contribution in [0.5, 0.6) is 0 Å². The number of cyclic esters (lactones) is 1. The number of ether oxygens (including phenoxy) is 2. The lowest BCUT2D eigenvalue weighted by molar-refractivity contribution is -0.162. The molecule has 0 aliphatic carbocycles. The molecule has 1 aliphatic heterocycles. The first-order valence-electron chi connectivity index (χ1n) is 5.53. The first-order chi connectivity index (χ1) is 7.45. The van der Waals surface area contributed by atoms with Crippen molar-refractivity contribution in [1.82, 2.24) is 0 Å². The van der Waals surface area contributed by atoms with Gasteiger partial charge in [0.15, 0.2) is 5.60 Å². The smallest absolute Gasteiger partial charge is 0.333 e. The van der Waals surface area contributed by atoms with Crippen molar-refractivity contribution in [3.05, 3.63) is 12.2 Å². The van der Waals surface area contributed by atoms with Crippen LogP contribution in [-0.2, 0) is 19.1 Å². The van der Waals surface area contributed by atoms with E-state index in [9.17, 15) is 9.59 Å².